The van der Waals surface area contributed by atoms with Crippen molar-refractivity contribution in [1.29, 1.82) is 0 Å². The monoisotopic (exact) mass is 488 g/mol. The van der Waals surface area contributed by atoms with E-state index in [2.05, 4.69) is 0 Å². The summed E-state index contributed by atoms with van der Waals surface area (Å²) in [6.45, 7) is 3.93. The Morgan fingerprint density at radius 2 is 1.76 bits per heavy atom. The van der Waals surface area contributed by atoms with E-state index in [-0.39, 0.29) is 30.4 Å². The van der Waals surface area contributed by atoms with Crippen LogP contribution in [0, 0.1) is 18.2 Å². The van der Waals surface area contributed by atoms with E-state index in [1.807, 2.05) is 35.2 Å². The molecule has 0 aliphatic carbocycles. The van der Waals surface area contributed by atoms with Crippen molar-refractivity contribution in [3.05, 3.63) is 59.9 Å². The van der Waals surface area contributed by atoms with E-state index in [9.17, 15) is 17.6 Å². The highest BCUT2D eigenvalue weighted by Gasteiger charge is 2.43. The minimum absolute atomic E-state index is 0.0635. The molecule has 0 aromatic heterocycles. The number of amides is 1. The van der Waals surface area contributed by atoms with Crippen molar-refractivity contribution in [2.45, 2.75) is 50.3 Å². The van der Waals surface area contributed by atoms with Crippen LogP contribution in [-0.4, -0.2) is 56.3 Å². The third-order valence-corrected chi connectivity index (χ3v) is 8.91. The molecule has 1 amide bonds. The fourth-order valence-corrected chi connectivity index (χ4v) is 6.85. The highest BCUT2D eigenvalue weighted by molar-refractivity contribution is 7.89. The second-order valence-electron chi connectivity index (χ2n) is 9.57. The maximum Gasteiger partial charge on any atom is 0.243 e. The zero-order valence-corrected chi connectivity index (χ0v) is 20.5. The van der Waals surface area contributed by atoms with Crippen molar-refractivity contribution >= 4 is 15.9 Å². The van der Waals surface area contributed by atoms with Crippen LogP contribution >= 0.6 is 0 Å². The minimum Gasteiger partial charge on any atom is -0.493 e. The lowest BCUT2D eigenvalue weighted by molar-refractivity contribution is -0.136. The third kappa shape index (κ3) is 5.61. The van der Waals surface area contributed by atoms with Crippen LogP contribution in [0.2, 0.25) is 0 Å². The van der Waals surface area contributed by atoms with Gasteiger partial charge in [0.25, 0.3) is 0 Å². The third-order valence-electron chi connectivity index (χ3n) is 6.90. The Bertz CT molecular complexity index is 1100. The van der Waals surface area contributed by atoms with Gasteiger partial charge < -0.3 is 9.64 Å². The van der Waals surface area contributed by atoms with E-state index in [0.717, 1.165) is 32.4 Å². The van der Waals surface area contributed by atoms with Gasteiger partial charge in [0, 0.05) is 38.0 Å². The average molecular weight is 489 g/mol. The molecule has 2 heterocycles. The van der Waals surface area contributed by atoms with Crippen LogP contribution in [-0.2, 0) is 14.8 Å². The predicted octanol–water partition coefficient (Wildman–Crippen LogP) is 4.39. The Morgan fingerprint density at radius 3 is 2.47 bits per heavy atom. The van der Waals surface area contributed by atoms with Crippen LogP contribution in [0.5, 0.6) is 5.75 Å². The molecule has 34 heavy (non-hydrogen) atoms. The number of sulfonamides is 1. The Labute approximate surface area is 201 Å². The molecule has 6 nitrogen and oxygen atoms in total. The lowest BCUT2D eigenvalue weighted by Crippen LogP contribution is -2.51. The minimum atomic E-state index is -3.84. The van der Waals surface area contributed by atoms with Gasteiger partial charge >= 0.3 is 0 Å². The van der Waals surface area contributed by atoms with Gasteiger partial charge in [0.1, 0.15) is 11.6 Å². The fraction of sp³-hybridized carbons (Fsp3) is 0.500. The quantitative estimate of drug-likeness (QED) is 0.580. The molecule has 0 spiro atoms. The summed E-state index contributed by atoms with van der Waals surface area (Å²) in [7, 11) is -3.84. The Balaban J connectivity index is 1.59. The molecule has 2 aliphatic rings. The number of rotatable bonds is 7. The van der Waals surface area contributed by atoms with Gasteiger partial charge in [-0.1, -0.05) is 18.2 Å². The molecule has 0 radical (unpaired) electrons. The summed E-state index contributed by atoms with van der Waals surface area (Å²) in [5.41, 5.74) is -0.259. The smallest absolute Gasteiger partial charge is 0.243 e. The molecular weight excluding hydrogens is 455 g/mol. The highest BCUT2D eigenvalue weighted by Crippen LogP contribution is 2.38. The number of halogens is 1. The van der Waals surface area contributed by atoms with Crippen LogP contribution in [0.25, 0.3) is 0 Å². The SMILES string of the molecule is Cc1cc(F)ccc1S(=O)(=O)N1CCCC(COc2ccccc2)(CC(=O)N2CCCCC2)C1. The lowest BCUT2D eigenvalue weighted by Gasteiger charge is -2.42. The standard InChI is InChI=1S/C26H33FN2O4S/c1-21-17-22(27)11-12-24(21)34(31,32)29-16-8-13-26(19-29,20-33-23-9-4-2-5-10-23)18-25(30)28-14-6-3-7-15-28/h2,4-5,9-12,17H,3,6-8,13-16,18-20H2,1H3. The topological polar surface area (TPSA) is 66.9 Å². The zero-order chi connectivity index (χ0) is 24.2. The highest BCUT2D eigenvalue weighted by atomic mass is 32.2. The van der Waals surface area contributed by atoms with E-state index < -0.39 is 21.3 Å². The second kappa shape index (κ2) is 10.4. The molecule has 184 valence electrons. The molecular formula is C26H33FN2O4S. The summed E-state index contributed by atoms with van der Waals surface area (Å²) in [6, 6.07) is 13.1. The Morgan fingerprint density at radius 1 is 1.03 bits per heavy atom. The second-order valence-corrected chi connectivity index (χ2v) is 11.5. The maximum atomic E-state index is 13.6. The van der Waals surface area contributed by atoms with Crippen LogP contribution < -0.4 is 4.74 Å². The number of carbonyl (C=O) groups is 1. The van der Waals surface area contributed by atoms with E-state index >= 15 is 0 Å². The first kappa shape index (κ1) is 24.7. The van der Waals surface area contributed by atoms with Gasteiger partial charge in [-0.15, -0.1) is 0 Å². The first-order valence-corrected chi connectivity index (χ1v) is 13.5. The van der Waals surface area contributed by atoms with Crippen LogP contribution in [0.4, 0.5) is 4.39 Å². The molecule has 1 atom stereocenters. The van der Waals surface area contributed by atoms with Gasteiger partial charge in [-0.25, -0.2) is 12.8 Å². The largest absolute Gasteiger partial charge is 0.493 e. The summed E-state index contributed by atoms with van der Waals surface area (Å²) in [5, 5.41) is 0. The van der Waals surface area contributed by atoms with Gasteiger partial charge in [0.15, 0.2) is 0 Å². The van der Waals surface area contributed by atoms with Gasteiger partial charge in [0.05, 0.1) is 11.5 Å². The normalized spacial score (nSPS) is 21.9. The van der Waals surface area contributed by atoms with E-state index in [0.29, 0.717) is 30.7 Å². The van der Waals surface area contributed by atoms with Crippen molar-refractivity contribution in [3.63, 3.8) is 0 Å². The molecule has 2 aromatic carbocycles. The van der Waals surface area contributed by atoms with Crippen LogP contribution in [0.15, 0.2) is 53.4 Å². The zero-order valence-electron chi connectivity index (χ0n) is 19.7. The van der Waals surface area contributed by atoms with Crippen LogP contribution in [0.1, 0.15) is 44.1 Å². The predicted molar refractivity (Wildman–Crippen MR) is 129 cm³/mol. The summed E-state index contributed by atoms with van der Waals surface area (Å²) in [4.78, 5) is 15.3. The van der Waals surface area contributed by atoms with Crippen molar-refractivity contribution in [1.82, 2.24) is 9.21 Å². The van der Waals surface area contributed by atoms with E-state index in [1.165, 1.54) is 22.5 Å². The summed E-state index contributed by atoms with van der Waals surface area (Å²) in [6.07, 6.45) is 4.72. The summed E-state index contributed by atoms with van der Waals surface area (Å²) >= 11 is 0. The number of likely N-dealkylation sites (tertiary alicyclic amines) is 1. The molecule has 1 unspecified atom stereocenters. The van der Waals surface area contributed by atoms with Crippen molar-refractivity contribution in [2.75, 3.05) is 32.8 Å². The average Bonchev–Trinajstić information content (AvgIpc) is 2.84. The van der Waals surface area contributed by atoms with Crippen molar-refractivity contribution < 1.29 is 22.3 Å². The molecule has 2 saturated heterocycles. The molecule has 2 aromatic rings. The van der Waals surface area contributed by atoms with E-state index in [1.54, 1.807) is 6.92 Å². The summed E-state index contributed by atoms with van der Waals surface area (Å²) < 4.78 is 48.2. The fourth-order valence-electron chi connectivity index (χ4n) is 5.05. The van der Waals surface area contributed by atoms with Gasteiger partial charge in [-0.3, -0.25) is 4.79 Å². The lowest BCUT2D eigenvalue weighted by atomic mass is 9.78. The molecule has 0 N–H and O–H groups in total. The Hall–Kier alpha value is -2.45. The number of hydrogen-bond acceptors (Lipinski definition) is 4. The number of aryl methyl sites for hydroxylation is 1. The molecule has 4 rings (SSSR count). The van der Waals surface area contributed by atoms with Gasteiger partial charge in [0.2, 0.25) is 15.9 Å². The maximum absolute atomic E-state index is 13.6. The number of piperidine rings is 2. The number of hydrogen-bond donors (Lipinski definition) is 0. The van der Waals surface area contributed by atoms with Gasteiger partial charge in [-0.05, 0) is 74.9 Å². The van der Waals surface area contributed by atoms with E-state index in [4.69, 9.17) is 4.74 Å². The molecule has 0 saturated carbocycles. The molecule has 2 aliphatic heterocycles. The van der Waals surface area contributed by atoms with Crippen molar-refractivity contribution in [3.8, 4) is 5.75 Å². The molecule has 0 bridgehead atoms. The number of ether oxygens (including phenoxy) is 1. The number of carbonyl (C=O) groups excluding carboxylic acids is 1. The van der Waals surface area contributed by atoms with Crippen molar-refractivity contribution in [2.24, 2.45) is 5.41 Å². The van der Waals surface area contributed by atoms with Gasteiger partial charge in [-0.2, -0.15) is 4.31 Å². The number of para-hydroxylation sites is 1. The Kier molecular flexibility index (Phi) is 7.57. The molecule has 2 fully saturated rings. The van der Waals surface area contributed by atoms with Crippen LogP contribution in [0.3, 0.4) is 0 Å². The molecule has 8 heteroatoms. The number of benzene rings is 2. The number of nitrogens with zero attached hydrogens (tertiary/aromatic N) is 2. The first-order chi connectivity index (χ1) is 16.3. The summed E-state index contributed by atoms with van der Waals surface area (Å²) in [5.74, 6) is 0.294. The first-order valence-electron chi connectivity index (χ1n) is 12.0.